The summed E-state index contributed by atoms with van der Waals surface area (Å²) in [6.45, 7) is 0.0805. The number of anilines is 1. The summed E-state index contributed by atoms with van der Waals surface area (Å²) in [5.41, 5.74) is 1.23. The second-order valence-corrected chi connectivity index (χ2v) is 7.72. The number of benzene rings is 2. The summed E-state index contributed by atoms with van der Waals surface area (Å²) in [7, 11) is 1.56. The van der Waals surface area contributed by atoms with Gasteiger partial charge in [0, 0.05) is 19.2 Å². The highest BCUT2D eigenvalue weighted by molar-refractivity contribution is 6.31. The Kier molecular flexibility index (Phi) is 6.21. The molecule has 0 saturated heterocycles. The average Bonchev–Trinajstić information content (AvgIpc) is 3.11. The number of halogens is 4. The zero-order valence-corrected chi connectivity index (χ0v) is 18.4. The Morgan fingerprint density at radius 2 is 1.70 bits per heavy atom. The number of carbonyl (C=O) groups is 2. The fraction of sp³-hybridized carbons (Fsp3) is 0.0952. The zero-order valence-electron chi connectivity index (χ0n) is 16.9. The standard InChI is InChI=1S/C21H14Cl2F2N6O2/c1-31-18-16(19(30-31)29-20(32)11-3-5-15(25)13(23)7-11)27-9-28-17(18)21(33)26-8-10-2-4-14(24)12(22)6-10/h2-7,9H,8H2,1H3,(H,26,33)(H,29,30,32). The summed E-state index contributed by atoms with van der Waals surface area (Å²) >= 11 is 11.5. The van der Waals surface area contributed by atoms with Crippen molar-refractivity contribution in [3.05, 3.63) is 81.2 Å². The molecule has 33 heavy (non-hydrogen) atoms. The van der Waals surface area contributed by atoms with Gasteiger partial charge >= 0.3 is 0 Å². The Bertz CT molecular complexity index is 1410. The van der Waals surface area contributed by atoms with Crippen LogP contribution >= 0.6 is 23.2 Å². The number of fused-ring (bicyclic) bond motifs is 1. The topological polar surface area (TPSA) is 102 Å². The van der Waals surface area contributed by atoms with Crippen LogP contribution in [0.5, 0.6) is 0 Å². The highest BCUT2D eigenvalue weighted by Crippen LogP contribution is 2.24. The zero-order chi connectivity index (χ0) is 23.7. The molecule has 0 unspecified atom stereocenters. The van der Waals surface area contributed by atoms with E-state index < -0.39 is 23.4 Å². The molecule has 0 fully saturated rings. The molecule has 12 heteroatoms. The van der Waals surface area contributed by atoms with Crippen LogP contribution in [0.3, 0.4) is 0 Å². The van der Waals surface area contributed by atoms with Crippen LogP contribution in [0.15, 0.2) is 42.7 Å². The van der Waals surface area contributed by atoms with Gasteiger partial charge in [-0.2, -0.15) is 5.10 Å². The average molecular weight is 491 g/mol. The largest absolute Gasteiger partial charge is 0.347 e. The van der Waals surface area contributed by atoms with Gasteiger partial charge in [-0.1, -0.05) is 29.3 Å². The predicted octanol–water partition coefficient (Wildman–Crippen LogP) is 4.13. The molecule has 0 spiro atoms. The van der Waals surface area contributed by atoms with Crippen molar-refractivity contribution >= 4 is 51.9 Å². The molecule has 0 atom stereocenters. The van der Waals surface area contributed by atoms with Crippen molar-refractivity contribution in [3.8, 4) is 0 Å². The lowest BCUT2D eigenvalue weighted by Crippen LogP contribution is -2.24. The molecule has 2 amide bonds. The number of carbonyl (C=O) groups excluding carboxylic acids is 2. The monoisotopic (exact) mass is 490 g/mol. The van der Waals surface area contributed by atoms with E-state index in [9.17, 15) is 18.4 Å². The molecule has 4 rings (SSSR count). The van der Waals surface area contributed by atoms with Gasteiger partial charge in [-0.3, -0.25) is 14.3 Å². The minimum atomic E-state index is -0.650. The summed E-state index contributed by atoms with van der Waals surface area (Å²) in [5, 5.41) is 9.22. The van der Waals surface area contributed by atoms with Gasteiger partial charge in [-0.25, -0.2) is 18.7 Å². The second kappa shape index (κ2) is 9.08. The normalized spacial score (nSPS) is 10.9. The Balaban J connectivity index is 1.58. The van der Waals surface area contributed by atoms with Crippen molar-refractivity contribution in [2.24, 2.45) is 7.05 Å². The van der Waals surface area contributed by atoms with Gasteiger partial charge in [-0.15, -0.1) is 0 Å². The number of amides is 2. The smallest absolute Gasteiger partial charge is 0.272 e. The lowest BCUT2D eigenvalue weighted by atomic mass is 10.2. The van der Waals surface area contributed by atoms with Crippen LogP contribution in [-0.4, -0.2) is 31.6 Å². The van der Waals surface area contributed by atoms with Crippen LogP contribution in [0.4, 0.5) is 14.6 Å². The molecule has 4 aromatic rings. The van der Waals surface area contributed by atoms with Crippen molar-refractivity contribution in [1.29, 1.82) is 0 Å². The molecule has 0 saturated carbocycles. The molecule has 2 heterocycles. The second-order valence-electron chi connectivity index (χ2n) is 6.91. The van der Waals surface area contributed by atoms with Gasteiger partial charge in [0.25, 0.3) is 11.8 Å². The molecule has 0 radical (unpaired) electrons. The van der Waals surface area contributed by atoms with Gasteiger partial charge in [0.15, 0.2) is 11.5 Å². The van der Waals surface area contributed by atoms with Crippen molar-refractivity contribution in [2.75, 3.05) is 5.32 Å². The molecule has 0 aliphatic carbocycles. The van der Waals surface area contributed by atoms with E-state index in [1.54, 1.807) is 7.05 Å². The van der Waals surface area contributed by atoms with Crippen LogP contribution in [0.1, 0.15) is 26.4 Å². The molecule has 0 aliphatic heterocycles. The number of hydrogen-bond acceptors (Lipinski definition) is 5. The highest BCUT2D eigenvalue weighted by atomic mass is 35.5. The van der Waals surface area contributed by atoms with Crippen LogP contribution in [0.2, 0.25) is 10.0 Å². The van der Waals surface area contributed by atoms with E-state index in [1.165, 1.54) is 35.0 Å². The first-order chi connectivity index (χ1) is 15.7. The van der Waals surface area contributed by atoms with Crippen LogP contribution < -0.4 is 10.6 Å². The third-order valence-corrected chi connectivity index (χ3v) is 5.27. The number of aromatic nitrogens is 4. The molecule has 2 aromatic heterocycles. The Hall–Kier alpha value is -3.63. The van der Waals surface area contributed by atoms with E-state index >= 15 is 0 Å². The third-order valence-electron chi connectivity index (χ3n) is 4.69. The molecule has 2 aromatic carbocycles. The van der Waals surface area contributed by atoms with Crippen LogP contribution in [-0.2, 0) is 13.6 Å². The first kappa shape index (κ1) is 22.6. The van der Waals surface area contributed by atoms with Crippen molar-refractivity contribution in [3.63, 3.8) is 0 Å². The van der Waals surface area contributed by atoms with Gasteiger partial charge in [-0.05, 0) is 35.9 Å². The number of nitrogens with zero attached hydrogens (tertiary/aromatic N) is 4. The molecule has 168 valence electrons. The lowest BCUT2D eigenvalue weighted by Gasteiger charge is -2.07. The first-order valence-electron chi connectivity index (χ1n) is 9.41. The summed E-state index contributed by atoms with van der Waals surface area (Å²) in [5.74, 6) is -2.25. The number of hydrogen-bond donors (Lipinski definition) is 2. The lowest BCUT2D eigenvalue weighted by molar-refractivity contribution is 0.0946. The fourth-order valence-corrected chi connectivity index (χ4v) is 3.47. The molecule has 0 aliphatic rings. The highest BCUT2D eigenvalue weighted by Gasteiger charge is 2.21. The third kappa shape index (κ3) is 4.62. The minimum absolute atomic E-state index is 0.0218. The quantitative estimate of drug-likeness (QED) is 0.437. The van der Waals surface area contributed by atoms with E-state index in [2.05, 4.69) is 25.7 Å². The maximum atomic E-state index is 13.4. The Morgan fingerprint density at radius 3 is 2.39 bits per heavy atom. The first-order valence-corrected chi connectivity index (χ1v) is 10.2. The van der Waals surface area contributed by atoms with E-state index in [-0.39, 0.29) is 44.7 Å². The molecule has 2 N–H and O–H groups in total. The van der Waals surface area contributed by atoms with E-state index in [4.69, 9.17) is 23.2 Å². The maximum Gasteiger partial charge on any atom is 0.272 e. The summed E-state index contributed by atoms with van der Waals surface area (Å²) < 4.78 is 28.0. The fourth-order valence-electron chi connectivity index (χ4n) is 3.09. The minimum Gasteiger partial charge on any atom is -0.347 e. The molecule has 8 nitrogen and oxygen atoms in total. The van der Waals surface area contributed by atoms with Crippen molar-refractivity contribution in [2.45, 2.75) is 6.54 Å². The molecular formula is C21H14Cl2F2N6O2. The molecule has 0 bridgehead atoms. The summed E-state index contributed by atoms with van der Waals surface area (Å²) in [6, 6.07) is 7.65. The SMILES string of the molecule is Cn1nc(NC(=O)c2ccc(F)c(Cl)c2)c2ncnc(C(=O)NCc3ccc(F)c(Cl)c3)c21. The van der Waals surface area contributed by atoms with E-state index in [0.29, 0.717) is 5.56 Å². The van der Waals surface area contributed by atoms with Gasteiger partial charge < -0.3 is 10.6 Å². The van der Waals surface area contributed by atoms with Gasteiger partial charge in [0.05, 0.1) is 10.0 Å². The maximum absolute atomic E-state index is 13.4. The van der Waals surface area contributed by atoms with Gasteiger partial charge in [0.1, 0.15) is 29.0 Å². The van der Waals surface area contributed by atoms with Crippen molar-refractivity contribution in [1.82, 2.24) is 25.1 Å². The van der Waals surface area contributed by atoms with Crippen LogP contribution in [0.25, 0.3) is 11.0 Å². The Morgan fingerprint density at radius 1 is 1.00 bits per heavy atom. The van der Waals surface area contributed by atoms with Gasteiger partial charge in [0.2, 0.25) is 0 Å². The number of rotatable bonds is 5. The summed E-state index contributed by atoms with van der Waals surface area (Å²) in [6.07, 6.45) is 1.16. The van der Waals surface area contributed by atoms with E-state index in [0.717, 1.165) is 12.4 Å². The summed E-state index contributed by atoms with van der Waals surface area (Å²) in [4.78, 5) is 33.5. The van der Waals surface area contributed by atoms with E-state index in [1.807, 2.05) is 0 Å². The number of aryl methyl sites for hydroxylation is 1. The molecular weight excluding hydrogens is 477 g/mol. The Labute approximate surface area is 195 Å². The van der Waals surface area contributed by atoms with Crippen LogP contribution in [0, 0.1) is 11.6 Å². The van der Waals surface area contributed by atoms with Crippen molar-refractivity contribution < 1.29 is 18.4 Å². The predicted molar refractivity (Wildman–Crippen MR) is 118 cm³/mol. The number of nitrogens with one attached hydrogen (secondary N) is 2.